The standard InChI is InChI=1S/C16H23N3O3S/c17-23(21,22)10-11-5-7-13(8-6-11)18-16(20)15-9-12-3-1-2-4-14(12)19-15/h5-8,12,14-15,19H,1-4,9-10H2,(H,18,20)(H2,17,21,22). The number of carbonyl (C=O) groups excluding carboxylic acids is 1. The summed E-state index contributed by atoms with van der Waals surface area (Å²) in [4.78, 5) is 12.4. The van der Waals surface area contributed by atoms with Gasteiger partial charge in [0.2, 0.25) is 15.9 Å². The molecule has 1 heterocycles. The molecule has 7 heteroatoms. The van der Waals surface area contributed by atoms with Crippen molar-refractivity contribution < 1.29 is 13.2 Å². The first-order chi connectivity index (χ1) is 10.9. The fourth-order valence-corrected chi connectivity index (χ4v) is 4.32. The van der Waals surface area contributed by atoms with Crippen molar-refractivity contribution in [1.82, 2.24) is 5.32 Å². The van der Waals surface area contributed by atoms with Crippen LogP contribution in [0.25, 0.3) is 0 Å². The molecular formula is C16H23N3O3S. The summed E-state index contributed by atoms with van der Waals surface area (Å²) in [6.07, 6.45) is 5.79. The van der Waals surface area contributed by atoms with Crippen LogP contribution in [0.5, 0.6) is 0 Å². The number of carbonyl (C=O) groups is 1. The minimum absolute atomic E-state index is 0.0152. The zero-order valence-electron chi connectivity index (χ0n) is 13.0. The van der Waals surface area contributed by atoms with Crippen LogP contribution in [0, 0.1) is 5.92 Å². The Morgan fingerprint density at radius 2 is 1.91 bits per heavy atom. The first-order valence-corrected chi connectivity index (χ1v) is 9.78. The second-order valence-electron chi connectivity index (χ2n) is 6.60. The Labute approximate surface area is 136 Å². The summed E-state index contributed by atoms with van der Waals surface area (Å²) >= 11 is 0. The number of benzene rings is 1. The van der Waals surface area contributed by atoms with Crippen molar-refractivity contribution in [2.24, 2.45) is 11.1 Å². The minimum Gasteiger partial charge on any atom is -0.325 e. The largest absolute Gasteiger partial charge is 0.325 e. The van der Waals surface area contributed by atoms with Gasteiger partial charge in [-0.3, -0.25) is 4.79 Å². The van der Waals surface area contributed by atoms with Crippen LogP contribution in [0.4, 0.5) is 5.69 Å². The maximum absolute atomic E-state index is 12.4. The van der Waals surface area contributed by atoms with E-state index >= 15 is 0 Å². The van der Waals surface area contributed by atoms with E-state index in [1.165, 1.54) is 19.3 Å². The van der Waals surface area contributed by atoms with Crippen molar-refractivity contribution >= 4 is 21.6 Å². The molecule has 1 saturated carbocycles. The number of amides is 1. The van der Waals surface area contributed by atoms with E-state index in [9.17, 15) is 13.2 Å². The number of anilines is 1. The molecule has 23 heavy (non-hydrogen) atoms. The first kappa shape index (κ1) is 16.4. The summed E-state index contributed by atoms with van der Waals surface area (Å²) in [5.41, 5.74) is 1.28. The number of primary sulfonamides is 1. The van der Waals surface area contributed by atoms with Crippen LogP contribution >= 0.6 is 0 Å². The first-order valence-electron chi connectivity index (χ1n) is 8.07. The molecule has 6 nitrogen and oxygen atoms in total. The number of nitrogens with two attached hydrogens (primary N) is 1. The van der Waals surface area contributed by atoms with Crippen LogP contribution in [0.2, 0.25) is 0 Å². The Morgan fingerprint density at radius 3 is 2.57 bits per heavy atom. The monoisotopic (exact) mass is 337 g/mol. The molecule has 3 atom stereocenters. The molecule has 126 valence electrons. The van der Waals surface area contributed by atoms with Gasteiger partial charge >= 0.3 is 0 Å². The number of rotatable bonds is 4. The van der Waals surface area contributed by atoms with Gasteiger partial charge in [0.15, 0.2) is 0 Å². The van der Waals surface area contributed by atoms with E-state index in [0.717, 1.165) is 12.8 Å². The molecule has 1 amide bonds. The third kappa shape index (κ3) is 4.31. The van der Waals surface area contributed by atoms with Crippen molar-refractivity contribution in [3.8, 4) is 0 Å². The fourth-order valence-electron chi connectivity index (χ4n) is 3.67. The van der Waals surface area contributed by atoms with Crippen LogP contribution in [0.15, 0.2) is 24.3 Å². The summed E-state index contributed by atoms with van der Waals surface area (Å²) in [5.74, 6) is 0.407. The van der Waals surface area contributed by atoms with Crippen LogP contribution in [-0.2, 0) is 20.6 Å². The van der Waals surface area contributed by atoms with Gasteiger partial charge in [-0.1, -0.05) is 25.0 Å². The molecule has 3 unspecified atom stereocenters. The average molecular weight is 337 g/mol. The Morgan fingerprint density at radius 1 is 1.22 bits per heavy atom. The number of sulfonamides is 1. The number of hydrogen-bond acceptors (Lipinski definition) is 4. The lowest BCUT2D eigenvalue weighted by Gasteiger charge is -2.24. The Hall–Kier alpha value is -1.44. The summed E-state index contributed by atoms with van der Waals surface area (Å²) in [7, 11) is -3.54. The van der Waals surface area contributed by atoms with Crippen LogP contribution in [0.3, 0.4) is 0 Å². The van der Waals surface area contributed by atoms with Gasteiger partial charge in [-0.25, -0.2) is 13.6 Å². The van der Waals surface area contributed by atoms with Crippen LogP contribution < -0.4 is 15.8 Å². The molecular weight excluding hydrogens is 314 g/mol. The summed E-state index contributed by atoms with van der Waals surface area (Å²) in [6.45, 7) is 0. The molecule has 1 saturated heterocycles. The van der Waals surface area contributed by atoms with E-state index in [1.54, 1.807) is 24.3 Å². The van der Waals surface area contributed by atoms with Crippen molar-refractivity contribution in [3.05, 3.63) is 29.8 Å². The molecule has 0 bridgehead atoms. The third-order valence-electron chi connectivity index (χ3n) is 4.77. The van der Waals surface area contributed by atoms with Crippen molar-refractivity contribution in [3.63, 3.8) is 0 Å². The zero-order valence-corrected chi connectivity index (χ0v) is 13.8. The molecule has 1 aliphatic carbocycles. The van der Waals surface area contributed by atoms with E-state index in [-0.39, 0.29) is 17.7 Å². The van der Waals surface area contributed by atoms with Gasteiger partial charge in [0.25, 0.3) is 0 Å². The highest BCUT2D eigenvalue weighted by molar-refractivity contribution is 7.88. The highest BCUT2D eigenvalue weighted by atomic mass is 32.2. The van der Waals surface area contributed by atoms with Crippen LogP contribution in [-0.4, -0.2) is 26.4 Å². The van der Waals surface area contributed by atoms with Gasteiger partial charge < -0.3 is 10.6 Å². The summed E-state index contributed by atoms with van der Waals surface area (Å²) in [6, 6.07) is 7.11. The highest BCUT2D eigenvalue weighted by Gasteiger charge is 2.38. The number of nitrogens with one attached hydrogen (secondary N) is 2. The van der Waals surface area contributed by atoms with Crippen LogP contribution in [0.1, 0.15) is 37.7 Å². The smallest absolute Gasteiger partial charge is 0.241 e. The van der Waals surface area contributed by atoms with Gasteiger partial charge in [-0.15, -0.1) is 0 Å². The zero-order chi connectivity index (χ0) is 16.4. The van der Waals surface area contributed by atoms with Gasteiger partial charge in [0.1, 0.15) is 0 Å². The normalized spacial score (nSPS) is 27.4. The van der Waals surface area contributed by atoms with Crippen molar-refractivity contribution in [1.29, 1.82) is 0 Å². The lowest BCUT2D eigenvalue weighted by atomic mass is 9.85. The van der Waals surface area contributed by atoms with Crippen molar-refractivity contribution in [2.45, 2.75) is 49.9 Å². The minimum atomic E-state index is -3.54. The van der Waals surface area contributed by atoms with Gasteiger partial charge in [0, 0.05) is 11.7 Å². The van der Waals surface area contributed by atoms with Gasteiger partial charge in [0.05, 0.1) is 11.8 Å². The maximum Gasteiger partial charge on any atom is 0.241 e. The molecule has 2 fully saturated rings. The van der Waals surface area contributed by atoms with Gasteiger partial charge in [-0.2, -0.15) is 0 Å². The van der Waals surface area contributed by atoms with E-state index in [4.69, 9.17) is 5.14 Å². The van der Waals surface area contributed by atoms with E-state index in [0.29, 0.717) is 23.2 Å². The second kappa shape index (κ2) is 6.59. The molecule has 1 aliphatic heterocycles. The highest BCUT2D eigenvalue weighted by Crippen LogP contribution is 2.33. The molecule has 0 spiro atoms. The van der Waals surface area contributed by atoms with Gasteiger partial charge in [-0.05, 0) is 42.9 Å². The van der Waals surface area contributed by atoms with E-state index < -0.39 is 10.0 Å². The number of fused-ring (bicyclic) bond motifs is 1. The molecule has 1 aromatic rings. The fraction of sp³-hybridized carbons (Fsp3) is 0.562. The van der Waals surface area contributed by atoms with Crippen molar-refractivity contribution in [2.75, 3.05) is 5.32 Å². The Balaban J connectivity index is 1.58. The topological polar surface area (TPSA) is 101 Å². The molecule has 1 aromatic carbocycles. The van der Waals surface area contributed by atoms with E-state index in [1.807, 2.05) is 0 Å². The summed E-state index contributed by atoms with van der Waals surface area (Å²) < 4.78 is 22.1. The molecule has 0 aromatic heterocycles. The molecule has 3 rings (SSSR count). The third-order valence-corrected chi connectivity index (χ3v) is 5.50. The molecule has 2 aliphatic rings. The SMILES string of the molecule is NS(=O)(=O)Cc1ccc(NC(=O)C2CC3CCCCC3N2)cc1. The molecule has 4 N–H and O–H groups in total. The predicted octanol–water partition coefficient (Wildman–Crippen LogP) is 1.33. The second-order valence-corrected chi connectivity index (χ2v) is 8.21. The predicted molar refractivity (Wildman–Crippen MR) is 89.2 cm³/mol. The maximum atomic E-state index is 12.4. The molecule has 0 radical (unpaired) electrons. The lowest BCUT2D eigenvalue weighted by Crippen LogP contribution is -2.39. The quantitative estimate of drug-likeness (QED) is 0.771. The Kier molecular flexibility index (Phi) is 4.70. The Bertz CT molecular complexity index is 658. The average Bonchev–Trinajstić information content (AvgIpc) is 2.92. The lowest BCUT2D eigenvalue weighted by molar-refractivity contribution is -0.117. The van der Waals surface area contributed by atoms with E-state index in [2.05, 4.69) is 10.6 Å². The number of hydrogen-bond donors (Lipinski definition) is 3. The summed E-state index contributed by atoms with van der Waals surface area (Å²) in [5, 5.41) is 11.4.